The van der Waals surface area contributed by atoms with Crippen molar-refractivity contribution in [1.82, 2.24) is 5.01 Å². The Kier molecular flexibility index (Phi) is 3.51. The van der Waals surface area contributed by atoms with Crippen molar-refractivity contribution in [2.24, 2.45) is 20.4 Å². The summed E-state index contributed by atoms with van der Waals surface area (Å²) in [6.45, 7) is 0.751. The van der Waals surface area contributed by atoms with Crippen LogP contribution in [0.2, 0.25) is 0 Å². The Morgan fingerprint density at radius 3 is 2.67 bits per heavy atom. The smallest absolute Gasteiger partial charge is 0.209 e. The molecule has 0 unspecified atom stereocenters. The average Bonchev–Trinajstić information content (AvgIpc) is 2.99. The second kappa shape index (κ2) is 5.64. The van der Waals surface area contributed by atoms with Gasteiger partial charge in [-0.1, -0.05) is 49.6 Å². The van der Waals surface area contributed by atoms with Crippen LogP contribution in [0.3, 0.4) is 0 Å². The van der Waals surface area contributed by atoms with Gasteiger partial charge in [-0.05, 0) is 12.8 Å². The zero-order valence-corrected chi connectivity index (χ0v) is 12.7. The van der Waals surface area contributed by atoms with E-state index in [4.69, 9.17) is 5.10 Å². The molecule has 1 fully saturated rings. The summed E-state index contributed by atoms with van der Waals surface area (Å²) < 4.78 is 4.55. The van der Waals surface area contributed by atoms with Crippen molar-refractivity contribution in [3.8, 4) is 0 Å². The lowest BCUT2D eigenvalue weighted by atomic mass is 9.85. The Labute approximate surface area is 129 Å². The first-order valence-electron chi connectivity index (χ1n) is 7.64. The molecular formula is C16H18N4S. The highest BCUT2D eigenvalue weighted by Gasteiger charge is 2.31. The van der Waals surface area contributed by atoms with E-state index >= 15 is 0 Å². The van der Waals surface area contributed by atoms with Gasteiger partial charge in [0, 0.05) is 11.5 Å². The molecular weight excluding hydrogens is 280 g/mol. The van der Waals surface area contributed by atoms with Gasteiger partial charge in [0.25, 0.3) is 0 Å². The molecule has 5 heteroatoms. The standard InChI is InChI=1S/C16H18N4S/c1-3-7-12(8-4-1)14-11-17-16-20(18-14)15(19-21-16)13-9-5-2-6-10-13/h2,5-6,9-10,12H,1,3-4,7-8,11H2. The lowest BCUT2D eigenvalue weighted by Gasteiger charge is -2.27. The predicted octanol–water partition coefficient (Wildman–Crippen LogP) is 3.70. The number of hydrogen-bond donors (Lipinski definition) is 0. The molecule has 0 N–H and O–H groups in total. The number of rotatable bonds is 2. The van der Waals surface area contributed by atoms with E-state index in [0.717, 1.165) is 23.1 Å². The molecule has 0 radical (unpaired) electrons. The molecule has 1 saturated carbocycles. The minimum atomic E-state index is 0.617. The molecule has 1 aliphatic carbocycles. The highest BCUT2D eigenvalue weighted by molar-refractivity contribution is 8.13. The summed E-state index contributed by atoms with van der Waals surface area (Å²) in [6.07, 6.45) is 6.56. The molecule has 0 amide bonds. The molecule has 2 heterocycles. The first-order chi connectivity index (χ1) is 10.4. The van der Waals surface area contributed by atoms with Gasteiger partial charge in [0.2, 0.25) is 5.17 Å². The van der Waals surface area contributed by atoms with Crippen molar-refractivity contribution in [3.63, 3.8) is 0 Å². The summed E-state index contributed by atoms with van der Waals surface area (Å²) in [5.41, 5.74) is 2.34. The molecule has 0 saturated heterocycles. The molecule has 108 valence electrons. The fraction of sp³-hybridized carbons (Fsp3) is 0.438. The van der Waals surface area contributed by atoms with E-state index in [-0.39, 0.29) is 0 Å². The number of benzene rings is 1. The second-order valence-electron chi connectivity index (χ2n) is 5.71. The zero-order chi connectivity index (χ0) is 14.1. The highest BCUT2D eigenvalue weighted by Crippen LogP contribution is 2.31. The lowest BCUT2D eigenvalue weighted by Crippen LogP contribution is -2.35. The van der Waals surface area contributed by atoms with Crippen LogP contribution < -0.4 is 0 Å². The van der Waals surface area contributed by atoms with Crippen molar-refractivity contribution in [2.75, 3.05) is 6.54 Å². The summed E-state index contributed by atoms with van der Waals surface area (Å²) in [5, 5.41) is 7.74. The number of amidine groups is 2. The van der Waals surface area contributed by atoms with Gasteiger partial charge in [0.05, 0.1) is 24.2 Å². The van der Waals surface area contributed by atoms with E-state index in [1.807, 2.05) is 23.2 Å². The molecule has 0 atom stereocenters. The first-order valence-corrected chi connectivity index (χ1v) is 8.41. The Bertz CT molecular complexity index is 614. The number of nitrogens with zero attached hydrogens (tertiary/aromatic N) is 4. The maximum absolute atomic E-state index is 4.89. The Balaban J connectivity index is 1.61. The maximum atomic E-state index is 4.89. The van der Waals surface area contributed by atoms with Crippen LogP contribution in [0, 0.1) is 5.92 Å². The van der Waals surface area contributed by atoms with Crippen LogP contribution in [0.4, 0.5) is 0 Å². The van der Waals surface area contributed by atoms with E-state index in [9.17, 15) is 0 Å². The quantitative estimate of drug-likeness (QED) is 0.781. The Morgan fingerprint density at radius 1 is 1.05 bits per heavy atom. The third kappa shape index (κ3) is 2.50. The van der Waals surface area contributed by atoms with Crippen LogP contribution in [0.15, 0.2) is 44.8 Å². The molecule has 21 heavy (non-hydrogen) atoms. The summed E-state index contributed by atoms with van der Waals surface area (Å²) in [5.74, 6) is 1.53. The van der Waals surface area contributed by atoms with Gasteiger partial charge in [-0.25, -0.2) is 0 Å². The predicted molar refractivity (Wildman–Crippen MR) is 88.7 cm³/mol. The number of hydrogen-bond acceptors (Lipinski definition) is 5. The van der Waals surface area contributed by atoms with Crippen LogP contribution in [0.1, 0.15) is 37.7 Å². The molecule has 0 aromatic heterocycles. The molecule has 2 aliphatic heterocycles. The van der Waals surface area contributed by atoms with Gasteiger partial charge in [-0.3, -0.25) is 4.99 Å². The summed E-state index contributed by atoms with van der Waals surface area (Å²) in [7, 11) is 0. The van der Waals surface area contributed by atoms with Crippen molar-refractivity contribution in [1.29, 1.82) is 0 Å². The van der Waals surface area contributed by atoms with Crippen molar-refractivity contribution < 1.29 is 0 Å². The summed E-state index contributed by atoms with van der Waals surface area (Å²) in [4.78, 5) is 4.68. The second-order valence-corrected chi connectivity index (χ2v) is 6.44. The molecule has 4 nitrogen and oxygen atoms in total. The van der Waals surface area contributed by atoms with E-state index in [2.05, 4.69) is 21.5 Å². The van der Waals surface area contributed by atoms with Crippen molar-refractivity contribution >= 4 is 28.7 Å². The third-order valence-corrected chi connectivity index (χ3v) is 5.04. The minimum Gasteiger partial charge on any atom is -0.253 e. The van der Waals surface area contributed by atoms with Gasteiger partial charge >= 0.3 is 0 Å². The SMILES string of the molecule is c1ccc(C2=NSC3=NCC(C4CCCCC4)=NN32)cc1. The van der Waals surface area contributed by atoms with E-state index < -0.39 is 0 Å². The fourth-order valence-electron chi connectivity index (χ4n) is 3.16. The lowest BCUT2D eigenvalue weighted by molar-refractivity contribution is 0.431. The van der Waals surface area contributed by atoms with Gasteiger partial charge in [0.1, 0.15) is 0 Å². The van der Waals surface area contributed by atoms with E-state index in [1.165, 1.54) is 49.8 Å². The van der Waals surface area contributed by atoms with E-state index in [1.54, 1.807) is 0 Å². The molecule has 0 bridgehead atoms. The van der Waals surface area contributed by atoms with Crippen molar-refractivity contribution in [3.05, 3.63) is 35.9 Å². The van der Waals surface area contributed by atoms with Crippen LogP contribution in [-0.4, -0.2) is 28.3 Å². The highest BCUT2D eigenvalue weighted by atomic mass is 32.2. The van der Waals surface area contributed by atoms with Crippen LogP contribution >= 0.6 is 11.9 Å². The van der Waals surface area contributed by atoms with Crippen LogP contribution in [-0.2, 0) is 0 Å². The number of hydrazone groups is 1. The maximum Gasteiger partial charge on any atom is 0.209 e. The van der Waals surface area contributed by atoms with Crippen LogP contribution in [0.5, 0.6) is 0 Å². The molecule has 0 spiro atoms. The van der Waals surface area contributed by atoms with Crippen LogP contribution in [0.25, 0.3) is 0 Å². The van der Waals surface area contributed by atoms with Gasteiger partial charge in [-0.15, -0.1) is 0 Å². The molecule has 1 aromatic rings. The van der Waals surface area contributed by atoms with E-state index in [0.29, 0.717) is 5.92 Å². The summed E-state index contributed by atoms with van der Waals surface area (Å²) in [6, 6.07) is 10.2. The Hall–Kier alpha value is -1.62. The topological polar surface area (TPSA) is 40.3 Å². The van der Waals surface area contributed by atoms with Gasteiger partial charge < -0.3 is 0 Å². The van der Waals surface area contributed by atoms with Gasteiger partial charge in [-0.2, -0.15) is 14.5 Å². The Morgan fingerprint density at radius 2 is 1.86 bits per heavy atom. The average molecular weight is 298 g/mol. The minimum absolute atomic E-state index is 0.617. The largest absolute Gasteiger partial charge is 0.253 e. The number of fused-ring (bicyclic) bond motifs is 1. The summed E-state index contributed by atoms with van der Waals surface area (Å²) >= 11 is 1.43. The van der Waals surface area contributed by atoms with Crippen molar-refractivity contribution in [2.45, 2.75) is 32.1 Å². The normalized spacial score (nSPS) is 22.5. The first kappa shape index (κ1) is 13.1. The third-order valence-electron chi connectivity index (χ3n) is 4.31. The zero-order valence-electron chi connectivity index (χ0n) is 11.9. The molecule has 4 rings (SSSR count). The van der Waals surface area contributed by atoms with Gasteiger partial charge in [0.15, 0.2) is 5.84 Å². The number of aliphatic imine (C=N–C) groups is 1. The fourth-order valence-corrected chi connectivity index (χ4v) is 3.83. The molecule has 1 aromatic carbocycles. The molecule has 3 aliphatic rings. The monoisotopic (exact) mass is 298 g/mol.